The van der Waals surface area contributed by atoms with E-state index in [4.69, 9.17) is 11.6 Å². The van der Waals surface area contributed by atoms with Gasteiger partial charge in [0.2, 0.25) is 0 Å². The summed E-state index contributed by atoms with van der Waals surface area (Å²) in [6.07, 6.45) is 0.943. The van der Waals surface area contributed by atoms with E-state index in [9.17, 15) is 14.7 Å². The maximum atomic E-state index is 12.0. The monoisotopic (exact) mass is 268 g/mol. The van der Waals surface area contributed by atoms with E-state index in [0.29, 0.717) is 29.8 Å². The van der Waals surface area contributed by atoms with Crippen molar-refractivity contribution < 1.29 is 14.7 Å². The van der Waals surface area contributed by atoms with Crippen molar-refractivity contribution >= 4 is 23.4 Å². The van der Waals surface area contributed by atoms with Crippen LogP contribution in [-0.2, 0) is 10.2 Å². The van der Waals surface area contributed by atoms with Gasteiger partial charge in [0.15, 0.2) is 5.78 Å². The number of aliphatic carboxylic acids is 1. The van der Waals surface area contributed by atoms with E-state index < -0.39 is 11.4 Å². The molecule has 0 saturated carbocycles. The highest BCUT2D eigenvalue weighted by atomic mass is 35.5. The predicted octanol–water partition coefficient (Wildman–Crippen LogP) is 3.25. The molecule has 0 unspecified atom stereocenters. The van der Waals surface area contributed by atoms with Gasteiger partial charge in [0.1, 0.15) is 0 Å². The smallest absolute Gasteiger partial charge is 0.313 e. The lowest BCUT2D eigenvalue weighted by Crippen LogP contribution is -2.30. The van der Waals surface area contributed by atoms with E-state index in [0.717, 1.165) is 0 Å². The fourth-order valence-electron chi connectivity index (χ4n) is 1.75. The van der Waals surface area contributed by atoms with Crippen LogP contribution in [0.1, 0.15) is 42.6 Å². The summed E-state index contributed by atoms with van der Waals surface area (Å²) in [5.74, 6) is -0.573. The van der Waals surface area contributed by atoms with Gasteiger partial charge >= 0.3 is 5.97 Å². The largest absolute Gasteiger partial charge is 0.481 e. The molecule has 0 amide bonds. The van der Waals surface area contributed by atoms with Crippen LogP contribution in [0.5, 0.6) is 0 Å². The van der Waals surface area contributed by atoms with Crippen LogP contribution in [0.4, 0.5) is 0 Å². The number of rotatable bonds is 6. The standard InChI is InChI=1S/C14H17ClO3/c1-14(2,13(17)18)11-7-4-3-6-10(11)12(16)8-5-9-15/h3-4,6-7H,5,8-9H2,1-2H3,(H,17,18). The Kier molecular flexibility index (Phi) is 4.91. The van der Waals surface area contributed by atoms with E-state index in [1.165, 1.54) is 0 Å². The second-order valence-electron chi connectivity index (χ2n) is 4.69. The summed E-state index contributed by atoms with van der Waals surface area (Å²) in [5, 5.41) is 9.24. The maximum absolute atomic E-state index is 12.0. The average molecular weight is 269 g/mol. The number of hydrogen-bond acceptors (Lipinski definition) is 2. The first-order chi connectivity index (χ1) is 8.41. The molecule has 1 aromatic rings. The molecule has 98 valence electrons. The Morgan fingerprint density at radius 1 is 1.28 bits per heavy atom. The minimum Gasteiger partial charge on any atom is -0.481 e. The Hall–Kier alpha value is -1.35. The molecule has 0 fully saturated rings. The van der Waals surface area contributed by atoms with E-state index in [1.54, 1.807) is 38.1 Å². The van der Waals surface area contributed by atoms with Crippen molar-refractivity contribution in [3.8, 4) is 0 Å². The molecule has 0 bridgehead atoms. The van der Waals surface area contributed by atoms with Crippen molar-refractivity contribution in [3.05, 3.63) is 35.4 Å². The van der Waals surface area contributed by atoms with Gasteiger partial charge < -0.3 is 5.11 Å². The van der Waals surface area contributed by atoms with Crippen LogP contribution < -0.4 is 0 Å². The van der Waals surface area contributed by atoms with E-state index in [2.05, 4.69) is 0 Å². The summed E-state index contributed by atoms with van der Waals surface area (Å²) in [4.78, 5) is 23.3. The first kappa shape index (κ1) is 14.7. The highest BCUT2D eigenvalue weighted by molar-refractivity contribution is 6.18. The first-order valence-electron chi connectivity index (χ1n) is 5.83. The van der Waals surface area contributed by atoms with Gasteiger partial charge in [-0.05, 0) is 25.8 Å². The molecule has 3 nitrogen and oxygen atoms in total. The summed E-state index contributed by atoms with van der Waals surface area (Å²) >= 11 is 5.57. The zero-order valence-electron chi connectivity index (χ0n) is 10.6. The number of Topliss-reactive ketones (excluding diaryl/α,β-unsaturated/α-hetero) is 1. The number of ketones is 1. The van der Waals surface area contributed by atoms with Crippen LogP contribution in [0.2, 0.25) is 0 Å². The number of halogens is 1. The van der Waals surface area contributed by atoms with Crippen LogP contribution >= 0.6 is 11.6 Å². The zero-order chi connectivity index (χ0) is 13.8. The van der Waals surface area contributed by atoms with Gasteiger partial charge in [0.05, 0.1) is 5.41 Å². The molecule has 1 rings (SSSR count). The second-order valence-corrected chi connectivity index (χ2v) is 5.07. The molecule has 0 heterocycles. The lowest BCUT2D eigenvalue weighted by atomic mass is 9.80. The van der Waals surface area contributed by atoms with Crippen molar-refractivity contribution in [2.75, 3.05) is 5.88 Å². The molecule has 0 aliphatic carbocycles. The van der Waals surface area contributed by atoms with E-state index in [1.807, 2.05) is 0 Å². The molecule has 0 aliphatic heterocycles. The lowest BCUT2D eigenvalue weighted by molar-refractivity contribution is -0.142. The van der Waals surface area contributed by atoms with E-state index >= 15 is 0 Å². The molecule has 1 aromatic carbocycles. The van der Waals surface area contributed by atoms with Crippen LogP contribution in [0.15, 0.2) is 24.3 Å². The third-order valence-corrected chi connectivity index (χ3v) is 3.24. The van der Waals surface area contributed by atoms with E-state index in [-0.39, 0.29) is 5.78 Å². The summed E-state index contributed by atoms with van der Waals surface area (Å²) < 4.78 is 0. The third-order valence-electron chi connectivity index (χ3n) is 2.97. The summed E-state index contributed by atoms with van der Waals surface area (Å²) in [5.41, 5.74) is -0.0418. The molecular weight excluding hydrogens is 252 g/mol. The topological polar surface area (TPSA) is 54.4 Å². The highest BCUT2D eigenvalue weighted by Crippen LogP contribution is 2.27. The number of carbonyl (C=O) groups excluding carboxylic acids is 1. The fraction of sp³-hybridized carbons (Fsp3) is 0.429. The van der Waals surface area contributed by atoms with Gasteiger partial charge in [-0.1, -0.05) is 24.3 Å². The minimum atomic E-state index is -1.08. The van der Waals surface area contributed by atoms with Gasteiger partial charge in [-0.3, -0.25) is 9.59 Å². The molecule has 4 heteroatoms. The van der Waals surface area contributed by atoms with Crippen molar-refractivity contribution in [1.29, 1.82) is 0 Å². The van der Waals surface area contributed by atoms with Crippen LogP contribution in [-0.4, -0.2) is 22.7 Å². The van der Waals surface area contributed by atoms with Crippen molar-refractivity contribution in [2.24, 2.45) is 0 Å². The van der Waals surface area contributed by atoms with Gasteiger partial charge in [-0.2, -0.15) is 0 Å². The second kappa shape index (κ2) is 6.01. The molecule has 0 aromatic heterocycles. The summed E-state index contributed by atoms with van der Waals surface area (Å²) in [6.45, 7) is 3.20. The Labute approximate surface area is 112 Å². The number of carbonyl (C=O) groups is 2. The first-order valence-corrected chi connectivity index (χ1v) is 6.36. The molecule has 0 saturated heterocycles. The van der Waals surface area contributed by atoms with Crippen LogP contribution in [0.25, 0.3) is 0 Å². The lowest BCUT2D eigenvalue weighted by Gasteiger charge is -2.22. The van der Waals surface area contributed by atoms with Crippen molar-refractivity contribution in [1.82, 2.24) is 0 Å². The van der Waals surface area contributed by atoms with Gasteiger partial charge in [-0.25, -0.2) is 0 Å². The van der Waals surface area contributed by atoms with Crippen molar-refractivity contribution in [3.63, 3.8) is 0 Å². The van der Waals surface area contributed by atoms with Gasteiger partial charge in [0.25, 0.3) is 0 Å². The average Bonchev–Trinajstić information content (AvgIpc) is 2.35. The Balaban J connectivity index is 3.14. The van der Waals surface area contributed by atoms with Gasteiger partial charge in [0, 0.05) is 17.9 Å². The van der Waals surface area contributed by atoms with Gasteiger partial charge in [-0.15, -0.1) is 11.6 Å². The fourth-order valence-corrected chi connectivity index (χ4v) is 1.88. The molecule has 18 heavy (non-hydrogen) atoms. The molecule has 0 aliphatic rings. The highest BCUT2D eigenvalue weighted by Gasteiger charge is 2.32. The molecule has 0 spiro atoms. The number of carboxylic acids is 1. The summed E-state index contributed by atoms with van der Waals surface area (Å²) in [7, 11) is 0. The number of alkyl halides is 1. The molecule has 0 radical (unpaired) electrons. The molecular formula is C14H17ClO3. The number of carboxylic acid groups (broad SMARTS) is 1. The van der Waals surface area contributed by atoms with Crippen LogP contribution in [0, 0.1) is 0 Å². The summed E-state index contributed by atoms with van der Waals surface area (Å²) in [6, 6.07) is 6.87. The Morgan fingerprint density at radius 2 is 1.89 bits per heavy atom. The molecule has 0 atom stereocenters. The van der Waals surface area contributed by atoms with Crippen LogP contribution in [0.3, 0.4) is 0 Å². The van der Waals surface area contributed by atoms with Crippen molar-refractivity contribution in [2.45, 2.75) is 32.1 Å². The Morgan fingerprint density at radius 3 is 2.44 bits per heavy atom. The zero-order valence-corrected chi connectivity index (χ0v) is 11.3. The SMILES string of the molecule is CC(C)(C(=O)O)c1ccccc1C(=O)CCCCl. The third kappa shape index (κ3) is 3.10. The normalized spacial score (nSPS) is 11.3. The number of benzene rings is 1. The maximum Gasteiger partial charge on any atom is 0.313 e. The Bertz CT molecular complexity index is 452. The predicted molar refractivity (Wildman–Crippen MR) is 71.4 cm³/mol. The minimum absolute atomic E-state index is 0.0550. The number of hydrogen-bond donors (Lipinski definition) is 1. The molecule has 1 N–H and O–H groups in total. The quantitative estimate of drug-likeness (QED) is 0.636.